The van der Waals surface area contributed by atoms with Crippen molar-refractivity contribution in [1.82, 2.24) is 10.2 Å². The third-order valence-electron chi connectivity index (χ3n) is 4.78. The van der Waals surface area contributed by atoms with Crippen LogP contribution in [0.1, 0.15) is 12.5 Å². The molecule has 1 atom stereocenters. The second-order valence-corrected chi connectivity index (χ2v) is 9.78. The second-order valence-electron chi connectivity index (χ2n) is 7.03. The van der Waals surface area contributed by atoms with Gasteiger partial charge in [0.25, 0.3) is 0 Å². The summed E-state index contributed by atoms with van der Waals surface area (Å²) >= 11 is 12.1. The van der Waals surface area contributed by atoms with Gasteiger partial charge in [0.2, 0.25) is 21.8 Å². The highest BCUT2D eigenvalue weighted by Crippen LogP contribution is 2.30. The number of ether oxygens (including phenoxy) is 1. The van der Waals surface area contributed by atoms with E-state index in [-0.39, 0.29) is 23.2 Å². The maximum atomic E-state index is 13.3. The molecule has 8 nitrogen and oxygen atoms in total. The van der Waals surface area contributed by atoms with Gasteiger partial charge in [0.15, 0.2) is 0 Å². The molecular weight excluding hydrogens is 477 g/mol. The zero-order valence-corrected chi connectivity index (χ0v) is 20.5. The molecule has 0 spiro atoms. The van der Waals surface area contributed by atoms with E-state index in [1.54, 1.807) is 38.3 Å². The molecule has 0 saturated heterocycles. The van der Waals surface area contributed by atoms with Gasteiger partial charge >= 0.3 is 0 Å². The van der Waals surface area contributed by atoms with Crippen molar-refractivity contribution in [1.29, 1.82) is 0 Å². The molecule has 2 aromatic rings. The zero-order chi connectivity index (χ0) is 24.1. The Morgan fingerprint density at radius 2 is 1.75 bits per heavy atom. The summed E-state index contributed by atoms with van der Waals surface area (Å²) < 4.78 is 31.0. The maximum absolute atomic E-state index is 13.3. The molecule has 0 aliphatic rings. The Balaban J connectivity index is 2.39. The van der Waals surface area contributed by atoms with Crippen molar-refractivity contribution in [3.05, 3.63) is 58.1 Å². The molecule has 2 amide bonds. The highest BCUT2D eigenvalue weighted by molar-refractivity contribution is 7.92. The molecule has 0 aliphatic carbocycles. The van der Waals surface area contributed by atoms with Crippen LogP contribution in [0.2, 0.25) is 10.0 Å². The number of carbonyl (C=O) groups excluding carboxylic acids is 2. The minimum absolute atomic E-state index is 0.0804. The molecule has 0 aromatic heterocycles. The van der Waals surface area contributed by atoms with Crippen LogP contribution in [0.15, 0.2) is 42.5 Å². The Bertz CT molecular complexity index is 1080. The van der Waals surface area contributed by atoms with Crippen LogP contribution in [0.3, 0.4) is 0 Å². The number of amides is 2. The Morgan fingerprint density at radius 3 is 2.25 bits per heavy atom. The minimum Gasteiger partial charge on any atom is -0.497 e. The third-order valence-corrected chi connectivity index (χ3v) is 6.45. The number of nitrogens with zero attached hydrogens (tertiary/aromatic N) is 2. The van der Waals surface area contributed by atoms with Gasteiger partial charge in [-0.3, -0.25) is 13.9 Å². The molecule has 0 aliphatic heterocycles. The number of hydrogen-bond acceptors (Lipinski definition) is 5. The molecule has 0 bridgehead atoms. The number of methoxy groups -OCH3 is 1. The SMILES string of the molecule is CNC(=O)[C@H](C)N(Cc1ccc(OC)cc1)C(=O)CN(c1ccc(Cl)cc1Cl)S(C)(=O)=O. The van der Waals surface area contributed by atoms with Crippen molar-refractivity contribution in [2.45, 2.75) is 19.5 Å². The largest absolute Gasteiger partial charge is 0.497 e. The number of rotatable bonds is 9. The molecule has 0 saturated carbocycles. The molecule has 0 heterocycles. The van der Waals surface area contributed by atoms with Gasteiger partial charge in [-0.1, -0.05) is 35.3 Å². The highest BCUT2D eigenvalue weighted by atomic mass is 35.5. The van der Waals surface area contributed by atoms with Gasteiger partial charge in [-0.2, -0.15) is 0 Å². The van der Waals surface area contributed by atoms with E-state index in [1.807, 2.05) is 0 Å². The summed E-state index contributed by atoms with van der Waals surface area (Å²) in [5.74, 6) is -0.317. The number of benzene rings is 2. The fourth-order valence-corrected chi connectivity index (χ4v) is 4.42. The summed E-state index contributed by atoms with van der Waals surface area (Å²) in [6.07, 6.45) is 0.973. The Morgan fingerprint density at radius 1 is 1.12 bits per heavy atom. The summed E-state index contributed by atoms with van der Waals surface area (Å²) in [7, 11) is -0.869. The molecule has 0 unspecified atom stereocenters. The molecule has 1 N–H and O–H groups in total. The van der Waals surface area contributed by atoms with Crippen molar-refractivity contribution in [3.63, 3.8) is 0 Å². The van der Waals surface area contributed by atoms with Gasteiger partial charge in [0, 0.05) is 18.6 Å². The van der Waals surface area contributed by atoms with Crippen LogP contribution < -0.4 is 14.4 Å². The maximum Gasteiger partial charge on any atom is 0.244 e. The zero-order valence-electron chi connectivity index (χ0n) is 18.1. The number of sulfonamides is 1. The van der Waals surface area contributed by atoms with Gasteiger partial charge < -0.3 is 15.0 Å². The summed E-state index contributed by atoms with van der Waals surface area (Å²) in [5, 5.41) is 2.92. The molecule has 32 heavy (non-hydrogen) atoms. The van der Waals surface area contributed by atoms with E-state index in [1.165, 1.54) is 30.1 Å². The van der Waals surface area contributed by atoms with Gasteiger partial charge in [-0.05, 0) is 42.8 Å². The summed E-state index contributed by atoms with van der Waals surface area (Å²) in [6.45, 7) is 1.11. The van der Waals surface area contributed by atoms with Crippen molar-refractivity contribution >= 4 is 50.7 Å². The fourth-order valence-electron chi connectivity index (χ4n) is 3.00. The van der Waals surface area contributed by atoms with E-state index in [9.17, 15) is 18.0 Å². The number of hydrogen-bond donors (Lipinski definition) is 1. The molecule has 0 radical (unpaired) electrons. The van der Waals surface area contributed by atoms with E-state index >= 15 is 0 Å². The Labute approximate surface area is 198 Å². The lowest BCUT2D eigenvalue weighted by atomic mass is 10.1. The predicted octanol–water partition coefficient (Wildman–Crippen LogP) is 2.93. The first-order valence-corrected chi connectivity index (χ1v) is 12.1. The molecule has 0 fully saturated rings. The van der Waals surface area contributed by atoms with Gasteiger partial charge in [-0.15, -0.1) is 0 Å². The van der Waals surface area contributed by atoms with E-state index in [0.29, 0.717) is 10.8 Å². The van der Waals surface area contributed by atoms with Crippen LogP contribution in [0.5, 0.6) is 5.75 Å². The molecule has 174 valence electrons. The van der Waals surface area contributed by atoms with Crippen molar-refractivity contribution in [2.75, 3.05) is 31.3 Å². The quantitative estimate of drug-likeness (QED) is 0.569. The first kappa shape index (κ1) is 25.8. The molecule has 2 rings (SSSR count). The normalized spacial score (nSPS) is 12.1. The highest BCUT2D eigenvalue weighted by Gasteiger charge is 2.30. The van der Waals surface area contributed by atoms with Gasteiger partial charge in [0.1, 0.15) is 18.3 Å². The molecule has 11 heteroatoms. The van der Waals surface area contributed by atoms with E-state index < -0.39 is 28.5 Å². The fraction of sp³-hybridized carbons (Fsp3) is 0.333. The van der Waals surface area contributed by atoms with Gasteiger partial charge in [0.05, 0.1) is 24.1 Å². The smallest absolute Gasteiger partial charge is 0.244 e. The number of nitrogens with one attached hydrogen (secondary N) is 1. The van der Waals surface area contributed by atoms with E-state index in [2.05, 4.69) is 5.32 Å². The summed E-state index contributed by atoms with van der Waals surface area (Å²) in [5.41, 5.74) is 0.856. The lowest BCUT2D eigenvalue weighted by Gasteiger charge is -2.31. The number of anilines is 1. The monoisotopic (exact) mass is 501 g/mol. The standard InChI is InChI=1S/C21H25Cl2N3O5S/c1-14(21(28)24-2)25(12-15-5-8-17(31-3)9-6-15)20(27)13-26(32(4,29)30)19-10-7-16(22)11-18(19)23/h5-11,14H,12-13H2,1-4H3,(H,24,28)/t14-/m0/s1. The second kappa shape index (κ2) is 10.9. The van der Waals surface area contributed by atoms with Crippen LogP contribution in [0.25, 0.3) is 0 Å². The number of carbonyl (C=O) groups is 2. The van der Waals surface area contributed by atoms with Crippen LogP contribution in [0, 0.1) is 0 Å². The Kier molecular flexibility index (Phi) is 8.77. The van der Waals surface area contributed by atoms with Gasteiger partial charge in [-0.25, -0.2) is 8.42 Å². The van der Waals surface area contributed by atoms with Crippen LogP contribution >= 0.6 is 23.2 Å². The van der Waals surface area contributed by atoms with Crippen LogP contribution in [-0.2, 0) is 26.2 Å². The summed E-state index contributed by atoms with van der Waals surface area (Å²) in [4.78, 5) is 26.9. The van der Waals surface area contributed by atoms with Crippen molar-refractivity contribution < 1.29 is 22.7 Å². The van der Waals surface area contributed by atoms with Crippen LogP contribution in [-0.4, -0.2) is 58.1 Å². The summed E-state index contributed by atoms with van der Waals surface area (Å²) in [6, 6.07) is 10.4. The first-order valence-electron chi connectivity index (χ1n) is 9.54. The minimum atomic E-state index is -3.87. The average molecular weight is 502 g/mol. The topological polar surface area (TPSA) is 96.0 Å². The third kappa shape index (κ3) is 6.51. The Hall–Kier alpha value is -2.49. The molecular formula is C21H25Cl2N3O5S. The lowest BCUT2D eigenvalue weighted by Crippen LogP contribution is -2.50. The van der Waals surface area contributed by atoms with Crippen LogP contribution in [0.4, 0.5) is 5.69 Å². The predicted molar refractivity (Wildman–Crippen MR) is 126 cm³/mol. The van der Waals surface area contributed by atoms with Crippen molar-refractivity contribution in [3.8, 4) is 5.75 Å². The van der Waals surface area contributed by atoms with E-state index in [4.69, 9.17) is 27.9 Å². The molecule has 2 aromatic carbocycles. The van der Waals surface area contributed by atoms with E-state index in [0.717, 1.165) is 16.1 Å². The van der Waals surface area contributed by atoms with Crippen molar-refractivity contribution in [2.24, 2.45) is 0 Å². The number of likely N-dealkylation sites (N-methyl/N-ethyl adjacent to an activating group) is 1. The lowest BCUT2D eigenvalue weighted by molar-refractivity contribution is -0.139. The average Bonchev–Trinajstić information content (AvgIpc) is 2.74. The first-order chi connectivity index (χ1) is 15.0. The number of halogens is 2.